The monoisotopic (exact) mass is 497 g/mol. The molecular weight excluding hydrogens is 458 g/mol. The van der Waals surface area contributed by atoms with Crippen LogP contribution in [0.2, 0.25) is 0 Å². The number of aliphatic hydroxyl groups excluding tert-OH is 6. The molecule has 2 heterocycles. The summed E-state index contributed by atoms with van der Waals surface area (Å²) < 4.78 is 22.7. The number of aliphatic hydroxyl groups is 6. The first kappa shape index (κ1) is 28.0. The summed E-state index contributed by atoms with van der Waals surface area (Å²) >= 11 is 0. The van der Waals surface area contributed by atoms with Crippen LogP contribution < -0.4 is 28.3 Å². The van der Waals surface area contributed by atoms with Gasteiger partial charge in [-0.1, -0.05) is 0 Å². The highest BCUT2D eigenvalue weighted by atomic mass is 16.7. The average Bonchev–Trinajstić information content (AvgIpc) is 2.80. The van der Waals surface area contributed by atoms with E-state index in [1.54, 1.807) is 0 Å². The Morgan fingerprint density at radius 1 is 0.794 bits per heavy atom. The largest absolute Gasteiger partial charge is 0.394 e. The molecule has 0 radical (unpaired) electrons. The second-order valence-corrected chi connectivity index (χ2v) is 9.11. The zero-order chi connectivity index (χ0) is 25.3. The van der Waals surface area contributed by atoms with Crippen molar-refractivity contribution in [2.45, 2.75) is 98.1 Å². The first-order valence-corrected chi connectivity index (χ1v) is 11.3. The second kappa shape index (κ2) is 11.6. The Bertz CT molecular complexity index is 653. The summed E-state index contributed by atoms with van der Waals surface area (Å²) in [4.78, 5) is 0. The van der Waals surface area contributed by atoms with Gasteiger partial charge in [-0.2, -0.15) is 0 Å². The molecule has 3 aliphatic rings. The van der Waals surface area contributed by atoms with Crippen LogP contribution in [-0.2, 0) is 18.9 Å². The minimum absolute atomic E-state index is 0.109. The maximum Gasteiger partial charge on any atom is 0.186 e. The lowest BCUT2D eigenvalue weighted by atomic mass is 9.84. The SMILES string of the molecule is CN[C@@H]1[C@@H](O)[C@@H](O[C@@H]2[C@@H](O)[C@H](O[C@H]3O[C@H](CN)[C@@H](O)[C@H](O)[C@H]3N)[C@@H](N)C[C@H]2N)O[C@H](CO)[C@H]1O. The highest BCUT2D eigenvalue weighted by molar-refractivity contribution is 5.02. The fraction of sp³-hybridized carbons (Fsp3) is 1.00. The number of nitrogens with one attached hydrogen (secondary N) is 1. The number of likely N-dealkylation sites (N-methyl/N-ethyl adjacent to an activating group) is 1. The fourth-order valence-electron chi connectivity index (χ4n) is 4.76. The molecule has 0 aromatic heterocycles. The van der Waals surface area contributed by atoms with E-state index in [4.69, 9.17) is 41.9 Å². The van der Waals surface area contributed by atoms with Crippen molar-refractivity contribution in [3.8, 4) is 0 Å². The molecule has 0 spiro atoms. The van der Waals surface area contributed by atoms with E-state index < -0.39 is 98.3 Å². The Balaban J connectivity index is 1.73. The molecule has 15 heteroatoms. The van der Waals surface area contributed by atoms with E-state index in [0.29, 0.717) is 0 Å². The molecule has 200 valence electrons. The van der Waals surface area contributed by atoms with E-state index in [1.165, 1.54) is 7.05 Å². The molecule has 15 nitrogen and oxygen atoms in total. The van der Waals surface area contributed by atoms with Crippen molar-refractivity contribution in [1.29, 1.82) is 0 Å². The van der Waals surface area contributed by atoms with Crippen molar-refractivity contribution >= 4 is 0 Å². The Morgan fingerprint density at radius 3 is 1.88 bits per heavy atom. The Morgan fingerprint density at radius 2 is 1.35 bits per heavy atom. The van der Waals surface area contributed by atoms with Crippen LogP contribution in [0.15, 0.2) is 0 Å². The van der Waals surface area contributed by atoms with E-state index in [1.807, 2.05) is 0 Å². The van der Waals surface area contributed by atoms with Crippen LogP contribution >= 0.6 is 0 Å². The molecule has 2 saturated heterocycles. The van der Waals surface area contributed by atoms with Gasteiger partial charge in [-0.25, -0.2) is 0 Å². The standard InChI is InChI=1S/C19H39N5O10/c1-24-10-11(26)8(4-25)32-19(14(10)29)34-17-6(22)2-5(21)16(15(17)30)33-18-9(23)13(28)12(27)7(3-20)31-18/h5-19,24-30H,2-4,20-23H2,1H3/t5-,6+,7+,8+,9+,10-,11+,12+,13+,14+,15-,16+,17-,18+,19+/m0/s1. The van der Waals surface area contributed by atoms with Crippen LogP contribution in [0.3, 0.4) is 0 Å². The fourth-order valence-corrected chi connectivity index (χ4v) is 4.76. The minimum Gasteiger partial charge on any atom is -0.394 e. The van der Waals surface area contributed by atoms with E-state index in [0.717, 1.165) is 0 Å². The van der Waals surface area contributed by atoms with Crippen molar-refractivity contribution in [2.75, 3.05) is 20.2 Å². The van der Waals surface area contributed by atoms with Crippen molar-refractivity contribution in [1.82, 2.24) is 5.32 Å². The maximum absolute atomic E-state index is 11.0. The molecule has 3 fully saturated rings. The molecule has 0 aromatic carbocycles. The summed E-state index contributed by atoms with van der Waals surface area (Å²) in [6.07, 6.45) is -13.4. The Labute approximate surface area is 196 Å². The van der Waals surface area contributed by atoms with Gasteiger partial charge >= 0.3 is 0 Å². The third-order valence-corrected chi connectivity index (χ3v) is 6.84. The summed E-state index contributed by atoms with van der Waals surface area (Å²) in [7, 11) is 1.52. The van der Waals surface area contributed by atoms with Gasteiger partial charge in [0.05, 0.1) is 18.7 Å². The quantitative estimate of drug-likeness (QED) is 0.156. The second-order valence-electron chi connectivity index (χ2n) is 9.11. The van der Waals surface area contributed by atoms with Gasteiger partial charge in [-0.05, 0) is 13.5 Å². The van der Waals surface area contributed by atoms with Crippen LogP contribution in [0.5, 0.6) is 0 Å². The van der Waals surface area contributed by atoms with Crippen LogP contribution in [0, 0.1) is 0 Å². The zero-order valence-electron chi connectivity index (χ0n) is 18.9. The molecule has 15 atom stereocenters. The van der Waals surface area contributed by atoms with Gasteiger partial charge in [0.15, 0.2) is 12.6 Å². The molecule has 34 heavy (non-hydrogen) atoms. The molecular formula is C19H39N5O10. The molecule has 3 rings (SSSR count). The van der Waals surface area contributed by atoms with E-state index >= 15 is 0 Å². The first-order chi connectivity index (χ1) is 16.0. The molecule has 0 aromatic rings. The normalized spacial score (nSPS) is 52.5. The summed E-state index contributed by atoms with van der Waals surface area (Å²) in [5, 5.41) is 64.4. The summed E-state index contributed by atoms with van der Waals surface area (Å²) in [6, 6.07) is -3.58. The van der Waals surface area contributed by atoms with Gasteiger partial charge in [0.1, 0.15) is 54.9 Å². The highest BCUT2D eigenvalue weighted by Crippen LogP contribution is 2.31. The van der Waals surface area contributed by atoms with Gasteiger partial charge in [0.2, 0.25) is 0 Å². The predicted molar refractivity (Wildman–Crippen MR) is 115 cm³/mol. The van der Waals surface area contributed by atoms with Gasteiger partial charge in [0, 0.05) is 18.6 Å². The number of rotatable bonds is 7. The van der Waals surface area contributed by atoms with E-state index in [9.17, 15) is 30.6 Å². The minimum atomic E-state index is -1.43. The first-order valence-electron chi connectivity index (χ1n) is 11.3. The summed E-state index contributed by atoms with van der Waals surface area (Å²) in [5.74, 6) is 0. The van der Waals surface area contributed by atoms with Crippen LogP contribution in [0.4, 0.5) is 0 Å². The van der Waals surface area contributed by atoms with Gasteiger partial charge in [-0.3, -0.25) is 0 Å². The summed E-state index contributed by atoms with van der Waals surface area (Å²) in [6.45, 7) is -0.642. The lowest BCUT2D eigenvalue weighted by Crippen LogP contribution is -2.69. The lowest BCUT2D eigenvalue weighted by Gasteiger charge is -2.48. The van der Waals surface area contributed by atoms with E-state index in [-0.39, 0.29) is 13.0 Å². The third-order valence-electron chi connectivity index (χ3n) is 6.84. The number of nitrogens with two attached hydrogens (primary N) is 4. The number of hydrogen-bond acceptors (Lipinski definition) is 15. The van der Waals surface area contributed by atoms with Crippen molar-refractivity contribution in [3.63, 3.8) is 0 Å². The van der Waals surface area contributed by atoms with E-state index in [2.05, 4.69) is 5.32 Å². The van der Waals surface area contributed by atoms with Gasteiger partial charge < -0.3 is 77.8 Å². The number of ether oxygens (including phenoxy) is 4. The third kappa shape index (κ3) is 5.39. The van der Waals surface area contributed by atoms with Gasteiger partial charge in [0.25, 0.3) is 0 Å². The molecule has 2 aliphatic heterocycles. The Hall–Kier alpha value is -0.600. The summed E-state index contributed by atoms with van der Waals surface area (Å²) in [5.41, 5.74) is 23.9. The highest BCUT2D eigenvalue weighted by Gasteiger charge is 2.51. The van der Waals surface area contributed by atoms with Crippen molar-refractivity contribution in [2.24, 2.45) is 22.9 Å². The van der Waals surface area contributed by atoms with Crippen LogP contribution in [-0.4, -0.2) is 143 Å². The smallest absolute Gasteiger partial charge is 0.186 e. The maximum atomic E-state index is 11.0. The van der Waals surface area contributed by atoms with Crippen LogP contribution in [0.25, 0.3) is 0 Å². The zero-order valence-corrected chi connectivity index (χ0v) is 18.9. The Kier molecular flexibility index (Phi) is 9.57. The van der Waals surface area contributed by atoms with Crippen LogP contribution in [0.1, 0.15) is 6.42 Å². The predicted octanol–water partition coefficient (Wildman–Crippen LogP) is -7.06. The lowest BCUT2D eigenvalue weighted by molar-refractivity contribution is -0.320. The van der Waals surface area contributed by atoms with Gasteiger partial charge in [-0.15, -0.1) is 0 Å². The van der Waals surface area contributed by atoms with Crippen molar-refractivity contribution in [3.05, 3.63) is 0 Å². The molecule has 0 bridgehead atoms. The molecule has 1 aliphatic carbocycles. The molecule has 0 amide bonds. The molecule has 1 saturated carbocycles. The van der Waals surface area contributed by atoms with Crippen molar-refractivity contribution < 1.29 is 49.6 Å². The molecule has 15 N–H and O–H groups in total. The molecule has 0 unspecified atom stereocenters. The topological polar surface area (TPSA) is 274 Å². The average molecular weight is 498 g/mol. The number of hydrogen-bond donors (Lipinski definition) is 11.